The third kappa shape index (κ3) is 3.56. The fraction of sp³-hybridized carbons (Fsp3) is 0.176. The molecule has 0 N–H and O–H groups in total. The van der Waals surface area contributed by atoms with Crippen LogP contribution in [-0.4, -0.2) is 29.7 Å². The maximum absolute atomic E-state index is 12.1. The molecule has 2 heterocycles. The summed E-state index contributed by atoms with van der Waals surface area (Å²) in [6.07, 6.45) is 0.521. The standard InChI is InChI=1S/C17H13BrN6O4/c18-12-4-2-11(3-5-12)16-19-21-23(20-16)9-1-8-22-14-10-13(24(26)27)6-7-15(14)28-17(22)25/h2-7,10H,1,8-9H2. The molecule has 0 radical (unpaired) electrons. The second-order valence-electron chi connectivity index (χ2n) is 6.00. The zero-order valence-corrected chi connectivity index (χ0v) is 15.9. The summed E-state index contributed by atoms with van der Waals surface area (Å²) in [5.74, 6) is -0.0494. The van der Waals surface area contributed by atoms with E-state index in [-0.39, 0.29) is 5.69 Å². The second kappa shape index (κ2) is 7.35. The Balaban J connectivity index is 1.48. The number of aryl methyl sites for hydroxylation is 2. The number of nitrogens with zero attached hydrogens (tertiary/aromatic N) is 6. The van der Waals surface area contributed by atoms with Crippen molar-refractivity contribution in [2.45, 2.75) is 19.5 Å². The van der Waals surface area contributed by atoms with Crippen LogP contribution in [0.4, 0.5) is 5.69 Å². The average molecular weight is 445 g/mol. The number of hydrogen-bond acceptors (Lipinski definition) is 7. The molecule has 10 nitrogen and oxygen atoms in total. The van der Waals surface area contributed by atoms with E-state index in [0.29, 0.717) is 36.4 Å². The van der Waals surface area contributed by atoms with Crippen LogP contribution in [0, 0.1) is 10.1 Å². The normalized spacial score (nSPS) is 11.2. The fourth-order valence-corrected chi connectivity index (χ4v) is 3.06. The summed E-state index contributed by atoms with van der Waals surface area (Å²) in [5, 5.41) is 23.3. The summed E-state index contributed by atoms with van der Waals surface area (Å²) in [6, 6.07) is 11.6. The van der Waals surface area contributed by atoms with Gasteiger partial charge in [0.15, 0.2) is 5.58 Å². The number of hydrogen-bond donors (Lipinski definition) is 0. The summed E-state index contributed by atoms with van der Waals surface area (Å²) < 4.78 is 7.47. The van der Waals surface area contributed by atoms with Gasteiger partial charge in [0.25, 0.3) is 5.69 Å². The molecule has 28 heavy (non-hydrogen) atoms. The zero-order chi connectivity index (χ0) is 19.7. The van der Waals surface area contributed by atoms with Crippen LogP contribution < -0.4 is 5.76 Å². The summed E-state index contributed by atoms with van der Waals surface area (Å²) in [4.78, 5) is 24.0. The molecular weight excluding hydrogens is 432 g/mol. The number of benzene rings is 2. The van der Waals surface area contributed by atoms with Gasteiger partial charge in [0, 0.05) is 28.7 Å². The lowest BCUT2D eigenvalue weighted by Crippen LogP contribution is -2.16. The van der Waals surface area contributed by atoms with Gasteiger partial charge in [-0.05, 0) is 42.0 Å². The first kappa shape index (κ1) is 18.0. The number of fused-ring (bicyclic) bond motifs is 1. The molecular formula is C17H13BrN6O4. The molecule has 0 aliphatic heterocycles. The number of rotatable bonds is 6. The van der Waals surface area contributed by atoms with Gasteiger partial charge in [-0.15, -0.1) is 10.2 Å². The average Bonchev–Trinajstić information content (AvgIpc) is 3.26. The van der Waals surface area contributed by atoms with E-state index in [1.165, 1.54) is 27.6 Å². The third-order valence-corrected chi connectivity index (χ3v) is 4.69. The van der Waals surface area contributed by atoms with Gasteiger partial charge in [-0.25, -0.2) is 4.79 Å². The minimum Gasteiger partial charge on any atom is -0.408 e. The Hall–Kier alpha value is -3.34. The van der Waals surface area contributed by atoms with Crippen molar-refractivity contribution in [2.24, 2.45) is 0 Å². The Kier molecular flexibility index (Phi) is 4.74. The first-order valence-electron chi connectivity index (χ1n) is 8.33. The van der Waals surface area contributed by atoms with Crippen LogP contribution in [0.25, 0.3) is 22.5 Å². The SMILES string of the molecule is O=c1oc2ccc([N+](=O)[O-])cc2n1CCCn1nnc(-c2ccc(Br)cc2)n1. The van der Waals surface area contributed by atoms with Crippen LogP contribution in [0.3, 0.4) is 0 Å². The van der Waals surface area contributed by atoms with E-state index in [1.54, 1.807) is 0 Å². The number of oxazole rings is 1. The maximum Gasteiger partial charge on any atom is 0.419 e. The Labute approximate surface area is 165 Å². The lowest BCUT2D eigenvalue weighted by atomic mass is 10.2. The van der Waals surface area contributed by atoms with Crippen molar-refractivity contribution in [3.63, 3.8) is 0 Å². The van der Waals surface area contributed by atoms with Crippen LogP contribution in [0.5, 0.6) is 0 Å². The van der Waals surface area contributed by atoms with Gasteiger partial charge in [-0.1, -0.05) is 15.9 Å². The van der Waals surface area contributed by atoms with Gasteiger partial charge >= 0.3 is 5.76 Å². The van der Waals surface area contributed by atoms with E-state index in [9.17, 15) is 14.9 Å². The Morgan fingerprint density at radius 1 is 1.14 bits per heavy atom. The molecule has 2 aromatic carbocycles. The van der Waals surface area contributed by atoms with E-state index in [2.05, 4.69) is 31.3 Å². The third-order valence-electron chi connectivity index (χ3n) is 4.16. The predicted molar refractivity (Wildman–Crippen MR) is 103 cm³/mol. The van der Waals surface area contributed by atoms with Crippen molar-refractivity contribution in [3.05, 3.63) is 67.6 Å². The summed E-state index contributed by atoms with van der Waals surface area (Å²) in [6.45, 7) is 0.736. The molecule has 0 atom stereocenters. The highest BCUT2D eigenvalue weighted by Crippen LogP contribution is 2.20. The molecule has 0 fully saturated rings. The molecule has 11 heteroatoms. The summed E-state index contributed by atoms with van der Waals surface area (Å²) in [7, 11) is 0. The number of halogens is 1. The minimum absolute atomic E-state index is 0.0980. The summed E-state index contributed by atoms with van der Waals surface area (Å²) >= 11 is 3.38. The number of nitro benzene ring substituents is 1. The molecule has 0 bridgehead atoms. The number of nitro groups is 1. The lowest BCUT2D eigenvalue weighted by Gasteiger charge is -2.02. The smallest absolute Gasteiger partial charge is 0.408 e. The molecule has 4 rings (SSSR count). The van der Waals surface area contributed by atoms with E-state index >= 15 is 0 Å². The molecule has 0 spiro atoms. The van der Waals surface area contributed by atoms with Gasteiger partial charge in [-0.3, -0.25) is 14.7 Å². The van der Waals surface area contributed by atoms with Crippen molar-refractivity contribution >= 4 is 32.7 Å². The van der Waals surface area contributed by atoms with Gasteiger partial charge in [0.05, 0.1) is 17.0 Å². The Morgan fingerprint density at radius 2 is 1.93 bits per heavy atom. The maximum atomic E-state index is 12.1. The molecule has 0 saturated heterocycles. The summed E-state index contributed by atoms with van der Waals surface area (Å²) in [5.41, 5.74) is 1.45. The van der Waals surface area contributed by atoms with E-state index < -0.39 is 10.7 Å². The Bertz CT molecular complexity index is 1210. The molecule has 0 aliphatic carbocycles. The molecule has 142 valence electrons. The van der Waals surface area contributed by atoms with Crippen LogP contribution in [0.1, 0.15) is 6.42 Å². The monoisotopic (exact) mass is 444 g/mol. The molecule has 0 unspecified atom stereocenters. The van der Waals surface area contributed by atoms with Crippen LogP contribution in [0.15, 0.2) is 56.1 Å². The molecule has 0 saturated carbocycles. The van der Waals surface area contributed by atoms with Crippen molar-refractivity contribution in [2.75, 3.05) is 0 Å². The van der Waals surface area contributed by atoms with E-state index in [4.69, 9.17) is 4.42 Å². The van der Waals surface area contributed by atoms with Crippen LogP contribution in [0.2, 0.25) is 0 Å². The fourth-order valence-electron chi connectivity index (χ4n) is 2.80. The van der Waals surface area contributed by atoms with Crippen molar-refractivity contribution in [3.8, 4) is 11.4 Å². The number of aromatic nitrogens is 5. The van der Waals surface area contributed by atoms with E-state index in [1.807, 2.05) is 24.3 Å². The van der Waals surface area contributed by atoms with Crippen LogP contribution >= 0.6 is 15.9 Å². The molecule has 2 aromatic heterocycles. The largest absolute Gasteiger partial charge is 0.419 e. The number of non-ortho nitro benzene ring substituents is 1. The molecule has 0 amide bonds. The molecule has 4 aromatic rings. The van der Waals surface area contributed by atoms with Gasteiger partial charge in [-0.2, -0.15) is 4.80 Å². The van der Waals surface area contributed by atoms with Crippen molar-refractivity contribution in [1.82, 2.24) is 24.8 Å². The first-order valence-corrected chi connectivity index (χ1v) is 9.12. The van der Waals surface area contributed by atoms with Gasteiger partial charge in [0.2, 0.25) is 5.82 Å². The quantitative estimate of drug-likeness (QED) is 0.330. The highest BCUT2D eigenvalue weighted by Gasteiger charge is 2.14. The Morgan fingerprint density at radius 3 is 2.68 bits per heavy atom. The zero-order valence-electron chi connectivity index (χ0n) is 14.4. The molecule has 0 aliphatic rings. The highest BCUT2D eigenvalue weighted by molar-refractivity contribution is 9.10. The predicted octanol–water partition coefficient (Wildman–Crippen LogP) is 3.01. The van der Waals surface area contributed by atoms with Crippen LogP contribution in [-0.2, 0) is 13.1 Å². The number of tetrazole rings is 1. The van der Waals surface area contributed by atoms with Crippen molar-refractivity contribution in [1.29, 1.82) is 0 Å². The van der Waals surface area contributed by atoms with Gasteiger partial charge < -0.3 is 4.42 Å². The van der Waals surface area contributed by atoms with Crippen molar-refractivity contribution < 1.29 is 9.34 Å². The second-order valence-corrected chi connectivity index (χ2v) is 6.91. The van der Waals surface area contributed by atoms with E-state index in [0.717, 1.165) is 10.0 Å². The lowest BCUT2D eigenvalue weighted by molar-refractivity contribution is -0.384. The highest BCUT2D eigenvalue weighted by atomic mass is 79.9. The van der Waals surface area contributed by atoms with Gasteiger partial charge in [0.1, 0.15) is 0 Å². The minimum atomic E-state index is -0.558. The first-order chi connectivity index (χ1) is 13.5. The topological polar surface area (TPSA) is 122 Å².